The van der Waals surface area contributed by atoms with E-state index in [2.05, 4.69) is 14.7 Å². The first-order valence-electron chi connectivity index (χ1n) is 4.21. The summed E-state index contributed by atoms with van der Waals surface area (Å²) in [6.07, 6.45) is 0. The monoisotopic (exact) mass is 244 g/mol. The molecule has 0 saturated heterocycles. The van der Waals surface area contributed by atoms with Gasteiger partial charge in [0.2, 0.25) is 5.82 Å². The van der Waals surface area contributed by atoms with Crippen molar-refractivity contribution < 1.29 is 27.6 Å². The van der Waals surface area contributed by atoms with E-state index in [1.807, 2.05) is 0 Å². The molecule has 0 aliphatic rings. The van der Waals surface area contributed by atoms with E-state index < -0.39 is 40.7 Å². The summed E-state index contributed by atoms with van der Waals surface area (Å²) in [5.74, 6) is -7.01. The SMILES string of the molecule is O=C(O)c1nc(-c2c(F)ccc(F)c2F)no1. The third kappa shape index (κ3) is 1.84. The van der Waals surface area contributed by atoms with Crippen LogP contribution < -0.4 is 0 Å². The summed E-state index contributed by atoms with van der Waals surface area (Å²) < 4.78 is 43.6. The minimum Gasteiger partial charge on any atom is -0.474 e. The van der Waals surface area contributed by atoms with Crippen LogP contribution in [0.4, 0.5) is 13.2 Å². The van der Waals surface area contributed by atoms with Crippen LogP contribution in [0.15, 0.2) is 16.7 Å². The average molecular weight is 244 g/mol. The summed E-state index contributed by atoms with van der Waals surface area (Å²) in [4.78, 5) is 13.6. The van der Waals surface area contributed by atoms with Gasteiger partial charge in [-0.25, -0.2) is 18.0 Å². The van der Waals surface area contributed by atoms with E-state index >= 15 is 0 Å². The number of carboxylic acids is 1. The van der Waals surface area contributed by atoms with Crippen molar-refractivity contribution in [2.45, 2.75) is 0 Å². The molecule has 2 rings (SSSR count). The van der Waals surface area contributed by atoms with Gasteiger partial charge in [0, 0.05) is 0 Å². The molecule has 0 saturated carbocycles. The molecule has 5 nitrogen and oxygen atoms in total. The summed E-state index contributed by atoms with van der Waals surface area (Å²) in [5, 5.41) is 11.5. The molecule has 0 spiro atoms. The Morgan fingerprint density at radius 2 is 1.88 bits per heavy atom. The normalized spacial score (nSPS) is 10.5. The van der Waals surface area contributed by atoms with Gasteiger partial charge in [0.15, 0.2) is 11.6 Å². The van der Waals surface area contributed by atoms with E-state index in [-0.39, 0.29) is 0 Å². The standard InChI is InChI=1S/C9H3F3N2O3/c10-3-1-2-4(11)6(12)5(3)7-13-8(9(15)16)17-14-7/h1-2H,(H,15,16). The van der Waals surface area contributed by atoms with E-state index in [1.54, 1.807) is 0 Å². The largest absolute Gasteiger partial charge is 0.474 e. The molecule has 0 atom stereocenters. The fourth-order valence-electron chi connectivity index (χ4n) is 1.14. The van der Waals surface area contributed by atoms with Gasteiger partial charge in [-0.3, -0.25) is 0 Å². The molecule has 88 valence electrons. The van der Waals surface area contributed by atoms with Crippen LogP contribution in [0, 0.1) is 17.5 Å². The van der Waals surface area contributed by atoms with Crippen molar-refractivity contribution in [2.24, 2.45) is 0 Å². The number of aromatic carboxylic acids is 1. The Morgan fingerprint density at radius 3 is 2.47 bits per heavy atom. The summed E-state index contributed by atoms with van der Waals surface area (Å²) in [5.41, 5.74) is -0.874. The molecule has 0 unspecified atom stereocenters. The highest BCUT2D eigenvalue weighted by Gasteiger charge is 2.22. The van der Waals surface area contributed by atoms with Gasteiger partial charge in [-0.2, -0.15) is 4.98 Å². The number of hydrogen-bond donors (Lipinski definition) is 1. The molecule has 1 aromatic heterocycles. The Labute approximate surface area is 91.5 Å². The summed E-state index contributed by atoms with van der Waals surface area (Å²) in [6.45, 7) is 0. The Hall–Kier alpha value is -2.38. The third-order valence-electron chi connectivity index (χ3n) is 1.88. The minimum atomic E-state index is -1.55. The third-order valence-corrected chi connectivity index (χ3v) is 1.88. The van der Waals surface area contributed by atoms with Crippen LogP contribution in [0.3, 0.4) is 0 Å². The maximum absolute atomic E-state index is 13.3. The highest BCUT2D eigenvalue weighted by molar-refractivity contribution is 5.82. The van der Waals surface area contributed by atoms with Crippen LogP contribution in [-0.2, 0) is 0 Å². The van der Waals surface area contributed by atoms with Gasteiger partial charge < -0.3 is 9.63 Å². The van der Waals surface area contributed by atoms with Crippen LogP contribution in [0.1, 0.15) is 10.7 Å². The molecular formula is C9H3F3N2O3. The maximum Gasteiger partial charge on any atom is 0.394 e. The Kier molecular flexibility index (Phi) is 2.54. The van der Waals surface area contributed by atoms with Gasteiger partial charge in [-0.15, -0.1) is 0 Å². The minimum absolute atomic E-state index is 0.590. The van der Waals surface area contributed by atoms with Crippen molar-refractivity contribution >= 4 is 5.97 Å². The van der Waals surface area contributed by atoms with Gasteiger partial charge in [-0.05, 0) is 12.1 Å². The van der Waals surface area contributed by atoms with Gasteiger partial charge in [0.1, 0.15) is 5.82 Å². The molecule has 0 radical (unpaired) electrons. The molecule has 1 aromatic carbocycles. The van der Waals surface area contributed by atoms with Gasteiger partial charge in [-0.1, -0.05) is 5.16 Å². The molecule has 0 fully saturated rings. The zero-order chi connectivity index (χ0) is 12.6. The first kappa shape index (κ1) is 11.1. The van der Waals surface area contributed by atoms with Crippen molar-refractivity contribution in [1.29, 1.82) is 0 Å². The lowest BCUT2D eigenvalue weighted by atomic mass is 10.2. The van der Waals surface area contributed by atoms with Crippen molar-refractivity contribution in [2.75, 3.05) is 0 Å². The molecule has 0 aliphatic heterocycles. The Balaban J connectivity index is 2.60. The van der Waals surface area contributed by atoms with E-state index in [1.165, 1.54) is 0 Å². The second-order valence-corrected chi connectivity index (χ2v) is 2.95. The summed E-state index contributed by atoms with van der Waals surface area (Å²) in [6, 6.07) is 1.26. The molecule has 0 amide bonds. The van der Waals surface area contributed by atoms with Crippen LogP contribution in [0.5, 0.6) is 0 Å². The van der Waals surface area contributed by atoms with E-state index in [0.717, 1.165) is 0 Å². The number of hydrogen-bond acceptors (Lipinski definition) is 4. The molecule has 8 heteroatoms. The molecular weight excluding hydrogens is 241 g/mol. The number of carbonyl (C=O) groups is 1. The molecule has 0 aliphatic carbocycles. The highest BCUT2D eigenvalue weighted by atomic mass is 19.2. The first-order chi connectivity index (χ1) is 8.00. The number of benzene rings is 1. The van der Waals surface area contributed by atoms with E-state index in [0.29, 0.717) is 12.1 Å². The van der Waals surface area contributed by atoms with E-state index in [9.17, 15) is 18.0 Å². The lowest BCUT2D eigenvalue weighted by Gasteiger charge is -1.99. The lowest BCUT2D eigenvalue weighted by molar-refractivity contribution is 0.0643. The zero-order valence-corrected chi connectivity index (χ0v) is 7.95. The topological polar surface area (TPSA) is 76.2 Å². The molecule has 1 heterocycles. The summed E-state index contributed by atoms with van der Waals surface area (Å²) in [7, 11) is 0. The van der Waals surface area contributed by atoms with Gasteiger partial charge in [0.05, 0.1) is 5.56 Å². The number of aromatic nitrogens is 2. The van der Waals surface area contributed by atoms with Crippen LogP contribution >= 0.6 is 0 Å². The predicted octanol–water partition coefficient (Wildman–Crippen LogP) is 1.85. The van der Waals surface area contributed by atoms with Crippen LogP contribution in [0.25, 0.3) is 11.4 Å². The quantitative estimate of drug-likeness (QED) is 0.816. The van der Waals surface area contributed by atoms with Crippen molar-refractivity contribution in [1.82, 2.24) is 10.1 Å². The zero-order valence-electron chi connectivity index (χ0n) is 7.95. The van der Waals surface area contributed by atoms with Crippen molar-refractivity contribution in [3.8, 4) is 11.4 Å². The van der Waals surface area contributed by atoms with E-state index in [4.69, 9.17) is 5.11 Å². The Morgan fingerprint density at radius 1 is 1.24 bits per heavy atom. The lowest BCUT2D eigenvalue weighted by Crippen LogP contribution is -1.98. The van der Waals surface area contributed by atoms with Crippen molar-refractivity contribution in [3.63, 3.8) is 0 Å². The molecule has 0 bridgehead atoms. The van der Waals surface area contributed by atoms with Crippen LogP contribution in [0.2, 0.25) is 0 Å². The highest BCUT2D eigenvalue weighted by Crippen LogP contribution is 2.25. The summed E-state index contributed by atoms with van der Waals surface area (Å²) >= 11 is 0. The molecule has 2 aromatic rings. The second kappa shape index (κ2) is 3.89. The first-order valence-corrected chi connectivity index (χ1v) is 4.21. The Bertz CT molecular complexity index is 597. The number of nitrogens with zero attached hydrogens (tertiary/aromatic N) is 2. The predicted molar refractivity (Wildman–Crippen MR) is 46.6 cm³/mol. The fraction of sp³-hybridized carbons (Fsp3) is 0. The second-order valence-electron chi connectivity index (χ2n) is 2.95. The van der Waals surface area contributed by atoms with Gasteiger partial charge in [0.25, 0.3) is 0 Å². The van der Waals surface area contributed by atoms with Gasteiger partial charge >= 0.3 is 11.9 Å². The number of halogens is 3. The van der Waals surface area contributed by atoms with Crippen molar-refractivity contribution in [3.05, 3.63) is 35.5 Å². The number of carboxylic acid groups (broad SMARTS) is 1. The smallest absolute Gasteiger partial charge is 0.394 e. The number of rotatable bonds is 2. The average Bonchev–Trinajstić information content (AvgIpc) is 2.73. The fourth-order valence-corrected chi connectivity index (χ4v) is 1.14. The van der Waals surface area contributed by atoms with Crippen LogP contribution in [-0.4, -0.2) is 21.2 Å². The molecule has 1 N–H and O–H groups in total. The molecule has 17 heavy (non-hydrogen) atoms. The maximum atomic E-state index is 13.3.